The second kappa shape index (κ2) is 41.4. The molecule has 310 valence electrons. The molecule has 0 aliphatic heterocycles. The van der Waals surface area contributed by atoms with Crippen molar-refractivity contribution in [2.45, 2.75) is 225 Å². The number of carbonyl (C=O) groups is 1. The molecule has 3 N–H and O–H groups in total. The Morgan fingerprint density at radius 3 is 1.40 bits per heavy atom. The highest BCUT2D eigenvalue weighted by atomic mass is 31.2. The van der Waals surface area contributed by atoms with E-state index in [-0.39, 0.29) is 32.3 Å². The van der Waals surface area contributed by atoms with Crippen molar-refractivity contribution in [1.82, 2.24) is 0 Å². The van der Waals surface area contributed by atoms with E-state index in [1.54, 1.807) is 0 Å². The van der Waals surface area contributed by atoms with Crippen molar-refractivity contribution >= 4 is 13.8 Å². The number of esters is 1. The van der Waals surface area contributed by atoms with Gasteiger partial charge < -0.3 is 20.1 Å². The van der Waals surface area contributed by atoms with Gasteiger partial charge in [0.1, 0.15) is 6.10 Å². The zero-order chi connectivity index (χ0) is 38.1. The summed E-state index contributed by atoms with van der Waals surface area (Å²) in [5.74, 6) is -0.328. The Bertz CT molecular complexity index is 812. The van der Waals surface area contributed by atoms with E-state index in [0.717, 1.165) is 32.1 Å². The number of unbranched alkanes of at least 4 members (excludes halogenated alkanes) is 28. The number of phosphoric acid groups is 1. The monoisotopic (exact) mass is 760 g/mol. The molecule has 0 aromatic carbocycles. The minimum absolute atomic E-state index is 0.0924. The molecule has 8 nitrogen and oxygen atoms in total. The van der Waals surface area contributed by atoms with Crippen LogP contribution in [0, 0.1) is 0 Å². The number of hydrogen-bond donors (Lipinski definition) is 2. The van der Waals surface area contributed by atoms with E-state index in [9.17, 15) is 14.3 Å². The van der Waals surface area contributed by atoms with Crippen LogP contribution < -0.4 is 5.73 Å². The van der Waals surface area contributed by atoms with Gasteiger partial charge in [0.15, 0.2) is 0 Å². The molecule has 0 saturated carbocycles. The van der Waals surface area contributed by atoms with Crippen LogP contribution in [-0.2, 0) is 27.9 Å². The third-order valence-electron chi connectivity index (χ3n) is 9.68. The summed E-state index contributed by atoms with van der Waals surface area (Å²) in [5, 5.41) is 0. The average Bonchev–Trinajstić information content (AvgIpc) is 3.13. The van der Waals surface area contributed by atoms with E-state index in [1.807, 2.05) is 0 Å². The fourth-order valence-electron chi connectivity index (χ4n) is 6.40. The molecule has 0 fully saturated rings. The highest BCUT2D eigenvalue weighted by Crippen LogP contribution is 2.43. The summed E-state index contributed by atoms with van der Waals surface area (Å²) in [4.78, 5) is 22.5. The quantitative estimate of drug-likeness (QED) is 0.0273. The number of ether oxygens (including phenoxy) is 2. The lowest BCUT2D eigenvalue weighted by Gasteiger charge is -2.20. The molecule has 0 spiro atoms. The Balaban J connectivity index is 3.98. The topological polar surface area (TPSA) is 117 Å². The molecular formula is C43H86NO7P. The molecule has 0 saturated heterocycles. The van der Waals surface area contributed by atoms with E-state index in [0.29, 0.717) is 13.0 Å². The average molecular weight is 760 g/mol. The van der Waals surface area contributed by atoms with Gasteiger partial charge in [-0.3, -0.25) is 13.8 Å². The first-order chi connectivity index (χ1) is 25.4. The fraction of sp³-hybridized carbons (Fsp3) is 0.930. The van der Waals surface area contributed by atoms with Gasteiger partial charge in [0, 0.05) is 19.6 Å². The van der Waals surface area contributed by atoms with Crippen LogP contribution in [0.15, 0.2) is 12.2 Å². The Hall–Kier alpha value is -0.760. The van der Waals surface area contributed by atoms with Gasteiger partial charge in [-0.25, -0.2) is 4.57 Å². The maximum absolute atomic E-state index is 12.6. The normalized spacial score (nSPS) is 13.5. The van der Waals surface area contributed by atoms with Crippen LogP contribution in [0.1, 0.15) is 219 Å². The molecule has 9 heteroatoms. The summed E-state index contributed by atoms with van der Waals surface area (Å²) >= 11 is 0. The molecule has 0 heterocycles. The number of nitrogens with two attached hydrogens (primary N) is 1. The first kappa shape index (κ1) is 51.2. The van der Waals surface area contributed by atoms with Crippen molar-refractivity contribution in [3.63, 3.8) is 0 Å². The SMILES string of the molecule is CCCCCCCC/C=C\CCCCCCCCCCCC(=O)OC(COCCCCCCCCCCCCCCCC)COP(=O)(O)OCCN. The molecule has 2 atom stereocenters. The van der Waals surface area contributed by atoms with Gasteiger partial charge in [-0.2, -0.15) is 0 Å². The Labute approximate surface area is 322 Å². The minimum atomic E-state index is -4.27. The molecule has 0 radical (unpaired) electrons. The predicted molar refractivity (Wildman–Crippen MR) is 220 cm³/mol. The van der Waals surface area contributed by atoms with Gasteiger partial charge in [0.25, 0.3) is 0 Å². The maximum atomic E-state index is 12.6. The number of hydrogen-bond acceptors (Lipinski definition) is 7. The van der Waals surface area contributed by atoms with Crippen LogP contribution in [0.3, 0.4) is 0 Å². The van der Waals surface area contributed by atoms with Crippen molar-refractivity contribution in [2.24, 2.45) is 5.73 Å². The summed E-state index contributed by atoms with van der Waals surface area (Å²) in [6.07, 6.45) is 43.7. The highest BCUT2D eigenvalue weighted by Gasteiger charge is 2.25. The van der Waals surface area contributed by atoms with Crippen molar-refractivity contribution in [2.75, 3.05) is 33.0 Å². The summed E-state index contributed by atoms with van der Waals surface area (Å²) < 4.78 is 33.4. The Kier molecular flexibility index (Phi) is 40.8. The van der Waals surface area contributed by atoms with Crippen LogP contribution in [0.5, 0.6) is 0 Å². The van der Waals surface area contributed by atoms with E-state index >= 15 is 0 Å². The van der Waals surface area contributed by atoms with Crippen LogP contribution in [0.4, 0.5) is 0 Å². The molecule has 52 heavy (non-hydrogen) atoms. The lowest BCUT2D eigenvalue weighted by molar-refractivity contribution is -0.154. The van der Waals surface area contributed by atoms with Crippen LogP contribution in [0.2, 0.25) is 0 Å². The van der Waals surface area contributed by atoms with Gasteiger partial charge >= 0.3 is 13.8 Å². The van der Waals surface area contributed by atoms with Gasteiger partial charge in [0.2, 0.25) is 0 Å². The number of allylic oxidation sites excluding steroid dienone is 2. The van der Waals surface area contributed by atoms with Crippen molar-refractivity contribution in [3.05, 3.63) is 12.2 Å². The van der Waals surface area contributed by atoms with E-state index in [4.69, 9.17) is 24.3 Å². The predicted octanol–water partition coefficient (Wildman–Crippen LogP) is 13.1. The molecule has 0 bridgehead atoms. The van der Waals surface area contributed by atoms with Crippen LogP contribution in [-0.4, -0.2) is 49.9 Å². The molecule has 0 aliphatic carbocycles. The largest absolute Gasteiger partial charge is 0.472 e. The molecular weight excluding hydrogens is 673 g/mol. The lowest BCUT2D eigenvalue weighted by Crippen LogP contribution is -2.28. The minimum Gasteiger partial charge on any atom is -0.457 e. The standard InChI is InChI=1S/C43H86NO7P/c1-3-5-7-9-11-13-15-17-19-20-21-22-23-24-26-28-30-32-34-36-43(45)51-42(41-50-52(46,47)49-39-37-44)40-48-38-35-33-31-29-27-25-18-16-14-12-10-8-6-4-2/h17,19,42H,3-16,18,20-41,44H2,1-2H3,(H,46,47)/b19-17-. The van der Waals surface area contributed by atoms with E-state index in [2.05, 4.69) is 26.0 Å². The highest BCUT2D eigenvalue weighted by molar-refractivity contribution is 7.47. The smallest absolute Gasteiger partial charge is 0.457 e. The van der Waals surface area contributed by atoms with E-state index < -0.39 is 13.9 Å². The first-order valence-corrected chi connectivity index (χ1v) is 23.7. The summed E-state index contributed by atoms with van der Waals surface area (Å²) in [5.41, 5.74) is 5.37. The molecule has 0 aliphatic rings. The molecule has 2 unspecified atom stereocenters. The van der Waals surface area contributed by atoms with Gasteiger partial charge in [-0.15, -0.1) is 0 Å². The van der Waals surface area contributed by atoms with Crippen molar-refractivity contribution in [3.8, 4) is 0 Å². The zero-order valence-corrected chi connectivity index (χ0v) is 35.2. The zero-order valence-electron chi connectivity index (χ0n) is 34.3. The van der Waals surface area contributed by atoms with Crippen LogP contribution in [0.25, 0.3) is 0 Å². The number of carbonyl (C=O) groups excluding carboxylic acids is 1. The van der Waals surface area contributed by atoms with Gasteiger partial charge in [-0.1, -0.05) is 187 Å². The van der Waals surface area contributed by atoms with Crippen molar-refractivity contribution in [1.29, 1.82) is 0 Å². The third kappa shape index (κ3) is 40.4. The molecule has 0 aromatic rings. The van der Waals surface area contributed by atoms with Crippen LogP contribution >= 0.6 is 7.82 Å². The van der Waals surface area contributed by atoms with E-state index in [1.165, 1.54) is 167 Å². The van der Waals surface area contributed by atoms with Crippen molar-refractivity contribution < 1.29 is 32.8 Å². The lowest BCUT2D eigenvalue weighted by atomic mass is 10.0. The maximum Gasteiger partial charge on any atom is 0.472 e. The van der Waals surface area contributed by atoms with Gasteiger partial charge in [0.05, 0.1) is 19.8 Å². The number of rotatable bonds is 43. The Morgan fingerprint density at radius 1 is 0.558 bits per heavy atom. The molecule has 0 rings (SSSR count). The number of phosphoric ester groups is 1. The summed E-state index contributed by atoms with van der Waals surface area (Å²) in [7, 11) is -4.27. The Morgan fingerprint density at radius 2 is 0.962 bits per heavy atom. The molecule has 0 aromatic heterocycles. The fourth-order valence-corrected chi connectivity index (χ4v) is 7.17. The first-order valence-electron chi connectivity index (χ1n) is 22.2. The second-order valence-electron chi connectivity index (χ2n) is 14.9. The molecule has 0 amide bonds. The summed E-state index contributed by atoms with van der Waals surface area (Å²) in [6, 6.07) is 0. The third-order valence-corrected chi connectivity index (χ3v) is 10.7. The second-order valence-corrected chi connectivity index (χ2v) is 16.4. The van der Waals surface area contributed by atoms with Gasteiger partial charge in [-0.05, 0) is 38.5 Å². The summed E-state index contributed by atoms with van der Waals surface area (Å²) in [6.45, 7) is 4.96.